The van der Waals surface area contributed by atoms with Gasteiger partial charge in [0, 0.05) is 38.1 Å². The molecule has 0 saturated carbocycles. The zero-order chi connectivity index (χ0) is 13.9. The first-order valence-electron chi connectivity index (χ1n) is 8.05. The Kier molecular flexibility index (Phi) is 4.24. The summed E-state index contributed by atoms with van der Waals surface area (Å²) in [5.41, 5.74) is 0. The van der Waals surface area contributed by atoms with Crippen LogP contribution in [-0.2, 0) is 9.59 Å². The summed E-state index contributed by atoms with van der Waals surface area (Å²) in [5.74, 6) is 0.450. The Morgan fingerprint density at radius 1 is 1.15 bits per heavy atom. The molecule has 3 fully saturated rings. The van der Waals surface area contributed by atoms with E-state index in [4.69, 9.17) is 0 Å². The van der Waals surface area contributed by atoms with E-state index in [-0.39, 0.29) is 17.7 Å². The van der Waals surface area contributed by atoms with Gasteiger partial charge in [-0.15, -0.1) is 0 Å². The third-order valence-electron chi connectivity index (χ3n) is 4.98. The Morgan fingerprint density at radius 3 is 2.60 bits per heavy atom. The van der Waals surface area contributed by atoms with Gasteiger partial charge in [0.25, 0.3) is 0 Å². The van der Waals surface area contributed by atoms with Gasteiger partial charge in [0.05, 0.1) is 5.92 Å². The SMILES string of the molecule is O=C(NCCC(=O)N1CCCCC1)C1CC2CCC1N2. The van der Waals surface area contributed by atoms with Gasteiger partial charge in [0.2, 0.25) is 11.8 Å². The molecule has 2 bridgehead atoms. The Morgan fingerprint density at radius 2 is 1.95 bits per heavy atom. The number of fused-ring (bicyclic) bond motifs is 2. The van der Waals surface area contributed by atoms with Crippen LogP contribution in [0.25, 0.3) is 0 Å². The lowest BCUT2D eigenvalue weighted by atomic mass is 9.88. The highest BCUT2D eigenvalue weighted by Gasteiger charge is 2.42. The summed E-state index contributed by atoms with van der Waals surface area (Å²) in [4.78, 5) is 26.0. The van der Waals surface area contributed by atoms with Crippen LogP contribution in [0.3, 0.4) is 0 Å². The van der Waals surface area contributed by atoms with E-state index >= 15 is 0 Å². The number of nitrogens with one attached hydrogen (secondary N) is 2. The van der Waals surface area contributed by atoms with Gasteiger partial charge in [-0.2, -0.15) is 0 Å². The maximum atomic E-state index is 12.1. The number of rotatable bonds is 4. The number of hydrogen-bond donors (Lipinski definition) is 2. The van der Waals surface area contributed by atoms with Crippen molar-refractivity contribution in [3.8, 4) is 0 Å². The van der Waals surface area contributed by atoms with Gasteiger partial charge in [0.1, 0.15) is 0 Å². The van der Waals surface area contributed by atoms with Crippen LogP contribution in [0.15, 0.2) is 0 Å². The van der Waals surface area contributed by atoms with E-state index < -0.39 is 0 Å². The fourth-order valence-electron chi connectivity index (χ4n) is 3.84. The molecule has 5 heteroatoms. The number of carbonyl (C=O) groups is 2. The molecule has 0 aliphatic carbocycles. The highest BCUT2D eigenvalue weighted by molar-refractivity contribution is 5.81. The summed E-state index contributed by atoms with van der Waals surface area (Å²) < 4.78 is 0. The summed E-state index contributed by atoms with van der Waals surface area (Å²) >= 11 is 0. The van der Waals surface area contributed by atoms with Gasteiger partial charge in [-0.3, -0.25) is 9.59 Å². The normalized spacial score (nSPS) is 32.4. The first kappa shape index (κ1) is 13.9. The quantitative estimate of drug-likeness (QED) is 0.794. The van der Waals surface area contributed by atoms with Crippen LogP contribution in [-0.4, -0.2) is 48.4 Å². The van der Waals surface area contributed by atoms with Crippen molar-refractivity contribution >= 4 is 11.8 Å². The second-order valence-electron chi connectivity index (χ2n) is 6.37. The average Bonchev–Trinajstić information content (AvgIpc) is 3.10. The topological polar surface area (TPSA) is 61.4 Å². The molecule has 3 rings (SSSR count). The molecule has 20 heavy (non-hydrogen) atoms. The maximum absolute atomic E-state index is 12.1. The van der Waals surface area contributed by atoms with Gasteiger partial charge >= 0.3 is 0 Å². The Bertz CT molecular complexity index is 379. The van der Waals surface area contributed by atoms with Crippen LogP contribution in [0.1, 0.15) is 44.9 Å². The molecule has 3 aliphatic heterocycles. The lowest BCUT2D eigenvalue weighted by Gasteiger charge is -2.27. The molecule has 3 unspecified atom stereocenters. The van der Waals surface area contributed by atoms with E-state index in [1.807, 2.05) is 4.90 Å². The third-order valence-corrected chi connectivity index (χ3v) is 4.98. The number of carbonyl (C=O) groups excluding carboxylic acids is 2. The molecule has 2 N–H and O–H groups in total. The lowest BCUT2D eigenvalue weighted by molar-refractivity contribution is -0.132. The van der Waals surface area contributed by atoms with Gasteiger partial charge in [-0.1, -0.05) is 0 Å². The van der Waals surface area contributed by atoms with Crippen LogP contribution >= 0.6 is 0 Å². The predicted molar refractivity (Wildman–Crippen MR) is 76.1 cm³/mol. The fraction of sp³-hybridized carbons (Fsp3) is 0.867. The van der Waals surface area contributed by atoms with E-state index in [9.17, 15) is 9.59 Å². The second kappa shape index (κ2) is 6.12. The van der Waals surface area contributed by atoms with Gasteiger partial charge in [-0.25, -0.2) is 0 Å². The molecular formula is C15H25N3O2. The Hall–Kier alpha value is -1.10. The average molecular weight is 279 g/mol. The summed E-state index contributed by atoms with van der Waals surface area (Å²) in [6.45, 7) is 2.27. The van der Waals surface area contributed by atoms with Crippen LogP contribution in [0.5, 0.6) is 0 Å². The van der Waals surface area contributed by atoms with Gasteiger partial charge in [0.15, 0.2) is 0 Å². The number of amides is 2. The third kappa shape index (κ3) is 2.97. The van der Waals surface area contributed by atoms with Crippen molar-refractivity contribution in [3.05, 3.63) is 0 Å². The first-order chi connectivity index (χ1) is 9.74. The van der Waals surface area contributed by atoms with Crippen molar-refractivity contribution in [1.29, 1.82) is 0 Å². The second-order valence-corrected chi connectivity index (χ2v) is 6.37. The monoisotopic (exact) mass is 279 g/mol. The molecular weight excluding hydrogens is 254 g/mol. The van der Waals surface area contributed by atoms with E-state index in [1.54, 1.807) is 0 Å². The minimum Gasteiger partial charge on any atom is -0.355 e. The summed E-state index contributed by atoms with van der Waals surface area (Å²) in [7, 11) is 0. The minimum atomic E-state index is 0.124. The molecule has 0 aromatic carbocycles. The van der Waals surface area contributed by atoms with Gasteiger partial charge < -0.3 is 15.5 Å². The molecule has 0 aromatic heterocycles. The predicted octanol–water partition coefficient (Wildman–Crippen LogP) is 0.646. The van der Waals surface area contributed by atoms with E-state index in [0.29, 0.717) is 25.0 Å². The highest BCUT2D eigenvalue weighted by atomic mass is 16.2. The molecule has 112 valence electrons. The molecule has 3 saturated heterocycles. The summed E-state index contributed by atoms with van der Waals surface area (Å²) in [6.07, 6.45) is 7.22. The fourth-order valence-corrected chi connectivity index (χ4v) is 3.84. The highest BCUT2D eigenvalue weighted by Crippen LogP contribution is 2.33. The smallest absolute Gasteiger partial charge is 0.224 e. The molecule has 3 heterocycles. The van der Waals surface area contributed by atoms with Crippen molar-refractivity contribution in [2.45, 2.75) is 57.0 Å². The van der Waals surface area contributed by atoms with Crippen LogP contribution in [0.4, 0.5) is 0 Å². The molecule has 0 aromatic rings. The summed E-state index contributed by atoms with van der Waals surface area (Å²) in [5, 5.41) is 6.43. The standard InChI is InChI=1S/C15H25N3O2/c19-14(18-8-2-1-3-9-18)6-7-16-15(20)12-10-11-4-5-13(12)17-11/h11-13,17H,1-10H2,(H,16,20). The lowest BCUT2D eigenvalue weighted by Crippen LogP contribution is -2.40. The van der Waals surface area contributed by atoms with Crippen LogP contribution in [0.2, 0.25) is 0 Å². The van der Waals surface area contributed by atoms with E-state index in [2.05, 4.69) is 10.6 Å². The minimum absolute atomic E-state index is 0.124. The van der Waals surface area contributed by atoms with Crippen molar-refractivity contribution in [2.75, 3.05) is 19.6 Å². The van der Waals surface area contributed by atoms with Crippen LogP contribution < -0.4 is 10.6 Å². The molecule has 0 radical (unpaired) electrons. The molecule has 3 aliphatic rings. The van der Waals surface area contributed by atoms with Gasteiger partial charge in [-0.05, 0) is 38.5 Å². The number of nitrogens with zero attached hydrogens (tertiary/aromatic N) is 1. The first-order valence-corrected chi connectivity index (χ1v) is 8.05. The number of piperidine rings is 1. The zero-order valence-electron chi connectivity index (χ0n) is 12.1. The molecule has 0 spiro atoms. The Labute approximate surface area is 120 Å². The van der Waals surface area contributed by atoms with Crippen molar-refractivity contribution in [3.63, 3.8) is 0 Å². The number of hydrogen-bond acceptors (Lipinski definition) is 3. The largest absolute Gasteiger partial charge is 0.355 e. The van der Waals surface area contributed by atoms with E-state index in [0.717, 1.165) is 38.8 Å². The summed E-state index contributed by atoms with van der Waals surface area (Å²) in [6, 6.07) is 0.920. The Balaban J connectivity index is 1.37. The molecule has 3 atom stereocenters. The van der Waals surface area contributed by atoms with Crippen LogP contribution in [0, 0.1) is 5.92 Å². The molecule has 2 amide bonds. The van der Waals surface area contributed by atoms with Crippen molar-refractivity contribution in [2.24, 2.45) is 5.92 Å². The number of likely N-dealkylation sites (tertiary alicyclic amines) is 1. The molecule has 5 nitrogen and oxygen atoms in total. The van der Waals surface area contributed by atoms with E-state index in [1.165, 1.54) is 12.8 Å². The maximum Gasteiger partial charge on any atom is 0.224 e. The van der Waals surface area contributed by atoms with Crippen molar-refractivity contribution < 1.29 is 9.59 Å². The zero-order valence-corrected chi connectivity index (χ0v) is 12.1. The van der Waals surface area contributed by atoms with Crippen molar-refractivity contribution in [1.82, 2.24) is 15.5 Å².